The second-order valence-electron chi connectivity index (χ2n) is 6.81. The molecule has 0 aromatic carbocycles. The van der Waals surface area contributed by atoms with E-state index < -0.39 is 0 Å². The SMILES string of the molecule is CC(C)(C)SC(=O)CCB1OC(C)(C)C(C)(C)O1. The van der Waals surface area contributed by atoms with E-state index in [0.29, 0.717) is 12.7 Å². The first kappa shape index (κ1) is 16.1. The van der Waals surface area contributed by atoms with Crippen LogP contribution in [-0.2, 0) is 14.1 Å². The lowest BCUT2D eigenvalue weighted by Gasteiger charge is -2.32. The molecule has 0 aromatic heterocycles. The lowest BCUT2D eigenvalue weighted by Crippen LogP contribution is -2.41. The van der Waals surface area contributed by atoms with E-state index in [1.165, 1.54) is 11.8 Å². The number of hydrogen-bond acceptors (Lipinski definition) is 4. The highest BCUT2D eigenvalue weighted by atomic mass is 32.2. The first-order valence-corrected chi connectivity index (χ1v) is 7.32. The Morgan fingerprint density at radius 1 is 1.11 bits per heavy atom. The third-order valence-electron chi connectivity index (χ3n) is 3.31. The van der Waals surface area contributed by atoms with Crippen LogP contribution in [-0.4, -0.2) is 28.2 Å². The van der Waals surface area contributed by atoms with Crippen LogP contribution in [0.5, 0.6) is 0 Å². The topological polar surface area (TPSA) is 35.5 Å². The minimum Gasteiger partial charge on any atom is -0.403 e. The summed E-state index contributed by atoms with van der Waals surface area (Å²) in [5.74, 6) is 0. The number of thioether (sulfide) groups is 1. The summed E-state index contributed by atoms with van der Waals surface area (Å²) in [5.41, 5.74) is -0.615. The van der Waals surface area contributed by atoms with Crippen molar-refractivity contribution >= 4 is 24.0 Å². The zero-order chi connectivity index (χ0) is 14.2. The molecule has 0 spiro atoms. The molecule has 1 fully saturated rings. The zero-order valence-electron chi connectivity index (χ0n) is 12.6. The summed E-state index contributed by atoms with van der Waals surface area (Å²) in [6, 6.07) is 0. The molecule has 0 bridgehead atoms. The Kier molecular flexibility index (Phi) is 4.62. The maximum absolute atomic E-state index is 11.8. The summed E-state index contributed by atoms with van der Waals surface area (Å²) in [6.07, 6.45) is 1.13. The lowest BCUT2D eigenvalue weighted by atomic mass is 9.83. The molecule has 0 N–H and O–H groups in total. The molecule has 3 nitrogen and oxygen atoms in total. The Labute approximate surface area is 116 Å². The fraction of sp³-hybridized carbons (Fsp3) is 0.923. The Morgan fingerprint density at radius 2 is 1.56 bits per heavy atom. The predicted molar refractivity (Wildman–Crippen MR) is 77.9 cm³/mol. The molecule has 0 aliphatic carbocycles. The highest BCUT2D eigenvalue weighted by Gasteiger charge is 2.50. The van der Waals surface area contributed by atoms with Crippen LogP contribution in [0.3, 0.4) is 0 Å². The molecular weight excluding hydrogens is 247 g/mol. The molecule has 0 amide bonds. The van der Waals surface area contributed by atoms with E-state index in [0.717, 1.165) is 0 Å². The van der Waals surface area contributed by atoms with Gasteiger partial charge in [0.2, 0.25) is 0 Å². The maximum Gasteiger partial charge on any atom is 0.458 e. The minimum absolute atomic E-state index is 0.0208. The summed E-state index contributed by atoms with van der Waals surface area (Å²) in [6.45, 7) is 14.2. The van der Waals surface area contributed by atoms with E-state index in [-0.39, 0.29) is 28.2 Å². The molecule has 104 valence electrons. The Balaban J connectivity index is 2.41. The van der Waals surface area contributed by atoms with Crippen molar-refractivity contribution in [2.45, 2.75) is 77.2 Å². The number of carbonyl (C=O) groups is 1. The van der Waals surface area contributed by atoms with E-state index in [9.17, 15) is 4.79 Å². The van der Waals surface area contributed by atoms with Gasteiger partial charge in [-0.1, -0.05) is 32.5 Å². The fourth-order valence-electron chi connectivity index (χ4n) is 1.71. The number of carbonyl (C=O) groups excluding carboxylic acids is 1. The standard InChI is InChI=1S/C13H25BO3S/c1-11(2,3)18-10(15)8-9-14-16-12(4,5)13(6,7)17-14/h8-9H2,1-7H3. The van der Waals surface area contributed by atoms with Crippen molar-refractivity contribution in [3.8, 4) is 0 Å². The van der Waals surface area contributed by atoms with Gasteiger partial charge in [0.25, 0.3) is 0 Å². The average Bonchev–Trinajstić information content (AvgIpc) is 2.29. The molecule has 1 aliphatic heterocycles. The average molecular weight is 272 g/mol. The van der Waals surface area contributed by atoms with Gasteiger partial charge >= 0.3 is 7.12 Å². The quantitative estimate of drug-likeness (QED) is 0.736. The molecule has 0 saturated carbocycles. The third-order valence-corrected chi connectivity index (χ3v) is 4.35. The zero-order valence-corrected chi connectivity index (χ0v) is 13.4. The van der Waals surface area contributed by atoms with Gasteiger partial charge in [0.15, 0.2) is 5.12 Å². The molecule has 1 heterocycles. The van der Waals surface area contributed by atoms with Crippen molar-refractivity contribution in [3.05, 3.63) is 0 Å². The Morgan fingerprint density at radius 3 is 1.94 bits per heavy atom. The van der Waals surface area contributed by atoms with Gasteiger partial charge in [0.1, 0.15) is 0 Å². The molecule has 0 atom stereocenters. The summed E-state index contributed by atoms with van der Waals surface area (Å²) in [7, 11) is -0.264. The molecular formula is C13H25BO3S. The smallest absolute Gasteiger partial charge is 0.403 e. The van der Waals surface area contributed by atoms with Gasteiger partial charge in [0.05, 0.1) is 11.2 Å². The van der Waals surface area contributed by atoms with Gasteiger partial charge in [-0.2, -0.15) is 0 Å². The van der Waals surface area contributed by atoms with E-state index in [1.54, 1.807) is 0 Å². The van der Waals surface area contributed by atoms with Crippen LogP contribution in [0.2, 0.25) is 6.32 Å². The van der Waals surface area contributed by atoms with Gasteiger partial charge in [-0.05, 0) is 34.0 Å². The maximum atomic E-state index is 11.8. The van der Waals surface area contributed by atoms with Crippen molar-refractivity contribution in [1.82, 2.24) is 0 Å². The normalized spacial score (nSPS) is 22.3. The molecule has 5 heteroatoms. The van der Waals surface area contributed by atoms with E-state index in [4.69, 9.17) is 9.31 Å². The highest BCUT2D eigenvalue weighted by Crippen LogP contribution is 2.38. The van der Waals surface area contributed by atoms with Crippen LogP contribution in [0.1, 0.15) is 54.9 Å². The van der Waals surface area contributed by atoms with Crippen molar-refractivity contribution in [1.29, 1.82) is 0 Å². The first-order valence-electron chi connectivity index (χ1n) is 6.50. The second kappa shape index (κ2) is 5.18. The summed E-state index contributed by atoms with van der Waals surface area (Å²) >= 11 is 1.39. The molecule has 1 saturated heterocycles. The van der Waals surface area contributed by atoms with Crippen molar-refractivity contribution in [3.63, 3.8) is 0 Å². The Bertz CT molecular complexity index is 305. The minimum atomic E-state index is -0.308. The highest BCUT2D eigenvalue weighted by molar-refractivity contribution is 8.14. The number of rotatable bonds is 3. The van der Waals surface area contributed by atoms with Gasteiger partial charge in [-0.3, -0.25) is 4.79 Å². The van der Waals surface area contributed by atoms with E-state index in [2.05, 4.69) is 0 Å². The van der Waals surface area contributed by atoms with Gasteiger partial charge in [-0.15, -0.1) is 0 Å². The molecule has 1 rings (SSSR count). The van der Waals surface area contributed by atoms with Crippen molar-refractivity contribution < 1.29 is 14.1 Å². The molecule has 0 radical (unpaired) electrons. The Hall–Kier alpha value is 0.00494. The van der Waals surface area contributed by atoms with E-state index >= 15 is 0 Å². The third kappa shape index (κ3) is 4.28. The summed E-state index contributed by atoms with van der Waals surface area (Å²) < 4.78 is 11.7. The predicted octanol–water partition coefficient (Wildman–Crippen LogP) is 3.53. The summed E-state index contributed by atoms with van der Waals surface area (Å²) in [4.78, 5) is 11.8. The van der Waals surface area contributed by atoms with Crippen LogP contribution in [0.15, 0.2) is 0 Å². The molecule has 1 aliphatic rings. The fourth-order valence-corrected chi connectivity index (χ4v) is 2.61. The van der Waals surface area contributed by atoms with Gasteiger partial charge in [-0.25, -0.2) is 0 Å². The second-order valence-corrected chi connectivity index (χ2v) is 8.70. The molecule has 0 aromatic rings. The first-order chi connectivity index (χ1) is 7.93. The number of hydrogen-bond donors (Lipinski definition) is 0. The van der Waals surface area contributed by atoms with Crippen LogP contribution in [0.4, 0.5) is 0 Å². The molecule has 18 heavy (non-hydrogen) atoms. The largest absolute Gasteiger partial charge is 0.458 e. The lowest BCUT2D eigenvalue weighted by molar-refractivity contribution is -0.110. The summed E-state index contributed by atoms with van der Waals surface area (Å²) in [5, 5.41) is 0.206. The van der Waals surface area contributed by atoms with Crippen molar-refractivity contribution in [2.24, 2.45) is 0 Å². The van der Waals surface area contributed by atoms with Crippen LogP contribution in [0, 0.1) is 0 Å². The van der Waals surface area contributed by atoms with Crippen LogP contribution in [0.25, 0.3) is 0 Å². The van der Waals surface area contributed by atoms with E-state index in [1.807, 2.05) is 48.5 Å². The van der Waals surface area contributed by atoms with Crippen LogP contribution < -0.4 is 0 Å². The van der Waals surface area contributed by atoms with Gasteiger partial charge < -0.3 is 9.31 Å². The molecule has 0 unspecified atom stereocenters. The van der Waals surface area contributed by atoms with Crippen LogP contribution >= 0.6 is 11.8 Å². The van der Waals surface area contributed by atoms with Crippen molar-refractivity contribution in [2.75, 3.05) is 0 Å². The monoisotopic (exact) mass is 272 g/mol. The van der Waals surface area contributed by atoms with Gasteiger partial charge in [0, 0.05) is 11.2 Å².